The van der Waals surface area contributed by atoms with Gasteiger partial charge in [-0.2, -0.15) is 0 Å². The van der Waals surface area contributed by atoms with Crippen molar-refractivity contribution < 1.29 is 13.2 Å². The second kappa shape index (κ2) is 11.5. The number of thioether (sulfide) groups is 1. The predicted molar refractivity (Wildman–Crippen MR) is 137 cm³/mol. The Hall–Kier alpha value is -1.90. The Morgan fingerprint density at radius 2 is 1.58 bits per heavy atom. The molecule has 0 aromatic heterocycles. The van der Waals surface area contributed by atoms with Gasteiger partial charge in [0.1, 0.15) is 6.54 Å². The first-order valence-corrected chi connectivity index (χ1v) is 13.4. The summed E-state index contributed by atoms with van der Waals surface area (Å²) in [5, 5.41) is 3.89. The summed E-state index contributed by atoms with van der Waals surface area (Å²) < 4.78 is 27.8. The number of hydrogen-bond donors (Lipinski definition) is 1. The lowest BCUT2D eigenvalue weighted by Crippen LogP contribution is -2.41. The van der Waals surface area contributed by atoms with Gasteiger partial charge in [0.25, 0.3) is 10.0 Å². The standard InChI is InChI=1S/C23H21Cl3N2O3S2/c1-16-2-9-20(10-3-16)33(30,31)28(22-14-18(25)6-11-21(22)26)15-23(29)27-12-13-32-19-7-4-17(24)5-8-19/h2-11,14H,12-13,15H2,1H3,(H,27,29). The molecule has 3 aromatic carbocycles. The van der Waals surface area contributed by atoms with Gasteiger partial charge in [0.15, 0.2) is 0 Å². The van der Waals surface area contributed by atoms with E-state index in [0.717, 1.165) is 14.8 Å². The van der Waals surface area contributed by atoms with Crippen molar-refractivity contribution in [1.29, 1.82) is 0 Å². The Kier molecular flexibility index (Phi) is 8.95. The minimum absolute atomic E-state index is 0.0511. The molecular formula is C23H21Cl3N2O3S2. The first-order chi connectivity index (χ1) is 15.7. The van der Waals surface area contributed by atoms with Gasteiger partial charge in [-0.05, 0) is 61.5 Å². The first-order valence-electron chi connectivity index (χ1n) is 9.86. The molecule has 33 heavy (non-hydrogen) atoms. The van der Waals surface area contributed by atoms with E-state index < -0.39 is 22.5 Å². The van der Waals surface area contributed by atoms with E-state index in [1.165, 1.54) is 24.3 Å². The van der Waals surface area contributed by atoms with Gasteiger partial charge in [0.2, 0.25) is 5.91 Å². The Balaban J connectivity index is 1.75. The van der Waals surface area contributed by atoms with Crippen LogP contribution in [0.1, 0.15) is 5.56 Å². The van der Waals surface area contributed by atoms with Crippen LogP contribution in [0.2, 0.25) is 15.1 Å². The number of sulfonamides is 1. The smallest absolute Gasteiger partial charge is 0.264 e. The SMILES string of the molecule is Cc1ccc(S(=O)(=O)N(CC(=O)NCCSc2ccc(Cl)cc2)c2cc(Cl)ccc2Cl)cc1. The number of benzene rings is 3. The molecule has 0 saturated carbocycles. The molecule has 0 spiro atoms. The van der Waals surface area contributed by atoms with E-state index in [-0.39, 0.29) is 15.6 Å². The van der Waals surface area contributed by atoms with Crippen LogP contribution in [0.15, 0.2) is 76.5 Å². The summed E-state index contributed by atoms with van der Waals surface area (Å²) in [6.07, 6.45) is 0. The summed E-state index contributed by atoms with van der Waals surface area (Å²) in [5.41, 5.74) is 1.05. The van der Waals surface area contributed by atoms with Crippen molar-refractivity contribution in [3.8, 4) is 0 Å². The molecule has 0 aliphatic rings. The first kappa shape index (κ1) is 25.7. The van der Waals surface area contributed by atoms with E-state index in [0.29, 0.717) is 22.3 Å². The summed E-state index contributed by atoms with van der Waals surface area (Å²) in [6, 6.07) is 18.2. The highest BCUT2D eigenvalue weighted by Gasteiger charge is 2.29. The van der Waals surface area contributed by atoms with Crippen LogP contribution in [0.25, 0.3) is 0 Å². The molecule has 0 aliphatic carbocycles. The van der Waals surface area contributed by atoms with E-state index in [1.54, 1.807) is 42.1 Å². The largest absolute Gasteiger partial charge is 0.354 e. The molecule has 1 amide bonds. The van der Waals surface area contributed by atoms with Crippen LogP contribution >= 0.6 is 46.6 Å². The fourth-order valence-corrected chi connectivity index (χ4v) is 5.65. The molecule has 0 heterocycles. The van der Waals surface area contributed by atoms with E-state index >= 15 is 0 Å². The van der Waals surface area contributed by atoms with Gasteiger partial charge in [-0.3, -0.25) is 9.10 Å². The molecule has 0 aliphatic heterocycles. The number of nitrogens with zero attached hydrogens (tertiary/aromatic N) is 1. The number of carbonyl (C=O) groups is 1. The molecule has 0 radical (unpaired) electrons. The number of rotatable bonds is 9. The summed E-state index contributed by atoms with van der Waals surface area (Å²) in [4.78, 5) is 13.8. The van der Waals surface area contributed by atoms with Gasteiger partial charge in [0.05, 0.1) is 15.6 Å². The molecule has 5 nitrogen and oxygen atoms in total. The van der Waals surface area contributed by atoms with Gasteiger partial charge in [-0.25, -0.2) is 8.42 Å². The Morgan fingerprint density at radius 3 is 2.24 bits per heavy atom. The van der Waals surface area contributed by atoms with E-state index in [1.807, 2.05) is 19.1 Å². The second-order valence-electron chi connectivity index (χ2n) is 7.07. The van der Waals surface area contributed by atoms with Crippen molar-refractivity contribution in [2.45, 2.75) is 16.7 Å². The molecule has 0 bridgehead atoms. The average molecular weight is 544 g/mol. The summed E-state index contributed by atoms with van der Waals surface area (Å²) in [7, 11) is -4.07. The highest BCUT2D eigenvalue weighted by Crippen LogP contribution is 2.33. The Bertz CT molecular complexity index is 1220. The van der Waals surface area contributed by atoms with Gasteiger partial charge in [0, 0.05) is 27.2 Å². The maximum absolute atomic E-state index is 13.4. The number of hydrogen-bond acceptors (Lipinski definition) is 4. The minimum Gasteiger partial charge on any atom is -0.354 e. The molecule has 0 unspecified atom stereocenters. The lowest BCUT2D eigenvalue weighted by molar-refractivity contribution is -0.119. The molecule has 3 rings (SSSR count). The number of halogens is 3. The summed E-state index contributed by atoms with van der Waals surface area (Å²) in [5.74, 6) is 0.147. The molecule has 1 N–H and O–H groups in total. The topological polar surface area (TPSA) is 66.5 Å². The minimum atomic E-state index is -4.07. The van der Waals surface area contributed by atoms with Crippen molar-refractivity contribution in [3.63, 3.8) is 0 Å². The fourth-order valence-electron chi connectivity index (χ4n) is 2.89. The van der Waals surface area contributed by atoms with Gasteiger partial charge in [-0.15, -0.1) is 11.8 Å². The number of nitrogens with one attached hydrogen (secondary N) is 1. The highest BCUT2D eigenvalue weighted by atomic mass is 35.5. The zero-order chi connectivity index (χ0) is 24.0. The molecule has 0 atom stereocenters. The van der Waals surface area contributed by atoms with Gasteiger partial charge < -0.3 is 5.32 Å². The van der Waals surface area contributed by atoms with Gasteiger partial charge in [-0.1, -0.05) is 52.5 Å². The Labute approximate surface area is 213 Å². The Morgan fingerprint density at radius 1 is 0.939 bits per heavy atom. The lowest BCUT2D eigenvalue weighted by Gasteiger charge is -2.25. The normalized spacial score (nSPS) is 11.3. The van der Waals surface area contributed by atoms with Crippen molar-refractivity contribution >= 4 is 68.2 Å². The highest BCUT2D eigenvalue weighted by molar-refractivity contribution is 7.99. The van der Waals surface area contributed by atoms with E-state index in [9.17, 15) is 13.2 Å². The van der Waals surface area contributed by atoms with Crippen LogP contribution in [0.4, 0.5) is 5.69 Å². The molecule has 0 saturated heterocycles. The van der Waals surface area contributed by atoms with Crippen molar-refractivity contribution in [2.24, 2.45) is 0 Å². The molecular weight excluding hydrogens is 523 g/mol. The molecule has 3 aromatic rings. The third-order valence-corrected chi connectivity index (χ3v) is 8.17. The number of amides is 1. The number of anilines is 1. The molecule has 0 fully saturated rings. The molecule has 174 valence electrons. The second-order valence-corrected chi connectivity index (χ2v) is 11.4. The van der Waals surface area contributed by atoms with Crippen LogP contribution < -0.4 is 9.62 Å². The van der Waals surface area contributed by atoms with Crippen LogP contribution in [0.5, 0.6) is 0 Å². The van der Waals surface area contributed by atoms with Crippen LogP contribution in [-0.4, -0.2) is 33.2 Å². The maximum Gasteiger partial charge on any atom is 0.264 e. The van der Waals surface area contributed by atoms with Crippen LogP contribution in [0, 0.1) is 6.92 Å². The van der Waals surface area contributed by atoms with Crippen LogP contribution in [-0.2, 0) is 14.8 Å². The zero-order valence-electron chi connectivity index (χ0n) is 17.6. The zero-order valence-corrected chi connectivity index (χ0v) is 21.5. The lowest BCUT2D eigenvalue weighted by atomic mass is 10.2. The monoisotopic (exact) mass is 542 g/mol. The quantitative estimate of drug-likeness (QED) is 0.263. The predicted octanol–water partition coefficient (Wildman–Crippen LogP) is 6.06. The number of carbonyl (C=O) groups excluding carboxylic acids is 1. The number of aryl methyl sites for hydroxylation is 1. The van der Waals surface area contributed by atoms with Crippen molar-refractivity contribution in [3.05, 3.63) is 87.4 Å². The van der Waals surface area contributed by atoms with E-state index in [4.69, 9.17) is 34.8 Å². The van der Waals surface area contributed by atoms with Crippen molar-refractivity contribution in [1.82, 2.24) is 5.32 Å². The fraction of sp³-hybridized carbons (Fsp3) is 0.174. The van der Waals surface area contributed by atoms with Crippen LogP contribution in [0.3, 0.4) is 0 Å². The molecule has 10 heteroatoms. The average Bonchev–Trinajstić information content (AvgIpc) is 2.78. The third kappa shape index (κ3) is 7.04. The van der Waals surface area contributed by atoms with Crippen molar-refractivity contribution in [2.75, 3.05) is 23.1 Å². The van der Waals surface area contributed by atoms with Gasteiger partial charge >= 0.3 is 0 Å². The maximum atomic E-state index is 13.4. The summed E-state index contributed by atoms with van der Waals surface area (Å²) in [6.45, 7) is 1.77. The third-order valence-electron chi connectivity index (χ3n) is 4.58. The summed E-state index contributed by atoms with van der Waals surface area (Å²) >= 11 is 19.8. The van der Waals surface area contributed by atoms with E-state index in [2.05, 4.69) is 5.32 Å².